The van der Waals surface area contributed by atoms with E-state index in [2.05, 4.69) is 10.2 Å². The first-order valence-corrected chi connectivity index (χ1v) is 9.69. The van der Waals surface area contributed by atoms with E-state index in [4.69, 9.17) is 9.15 Å². The molecule has 0 saturated carbocycles. The zero-order valence-electron chi connectivity index (χ0n) is 14.1. The Hall–Kier alpha value is -2.58. The number of methoxy groups -OCH3 is 1. The van der Waals surface area contributed by atoms with Crippen LogP contribution in [0.3, 0.4) is 0 Å². The Morgan fingerprint density at radius 1 is 1.27 bits per heavy atom. The molecule has 132 valence electrons. The summed E-state index contributed by atoms with van der Waals surface area (Å²) in [5, 5.41) is 12.3. The molecule has 0 N–H and O–H groups in total. The Morgan fingerprint density at radius 2 is 2.15 bits per heavy atom. The first-order valence-electron chi connectivity index (χ1n) is 7.82. The van der Waals surface area contributed by atoms with Gasteiger partial charge in [0.2, 0.25) is 0 Å². The van der Waals surface area contributed by atoms with E-state index >= 15 is 0 Å². The number of hydrogen-bond acceptors (Lipinski definition) is 7. The highest BCUT2D eigenvalue weighted by atomic mass is 32.2. The number of ether oxygens (including phenoxy) is 1. The number of hydrogen-bond donors (Lipinski definition) is 0. The first kappa shape index (κ1) is 16.9. The highest BCUT2D eigenvalue weighted by Gasteiger charge is 2.13. The number of rotatable bonds is 5. The summed E-state index contributed by atoms with van der Waals surface area (Å²) >= 11 is 3.16. The number of fused-ring (bicyclic) bond motifs is 1. The molecular weight excluding hydrogens is 370 g/mol. The highest BCUT2D eigenvalue weighted by molar-refractivity contribution is 7.98. The van der Waals surface area contributed by atoms with Crippen molar-refractivity contribution in [2.24, 2.45) is 7.05 Å². The van der Waals surface area contributed by atoms with Gasteiger partial charge in [-0.2, -0.15) is 0 Å². The van der Waals surface area contributed by atoms with Gasteiger partial charge >= 0.3 is 5.63 Å². The summed E-state index contributed by atoms with van der Waals surface area (Å²) in [5.74, 6) is 2.08. The summed E-state index contributed by atoms with van der Waals surface area (Å²) in [6.07, 6.45) is 0. The van der Waals surface area contributed by atoms with Crippen molar-refractivity contribution in [3.8, 4) is 16.5 Å². The molecule has 1 aromatic carbocycles. The smallest absolute Gasteiger partial charge is 0.336 e. The molecule has 3 aromatic heterocycles. The van der Waals surface area contributed by atoms with E-state index in [0.29, 0.717) is 17.1 Å². The van der Waals surface area contributed by atoms with Crippen LogP contribution in [0.4, 0.5) is 0 Å². The topological polar surface area (TPSA) is 70.2 Å². The summed E-state index contributed by atoms with van der Waals surface area (Å²) in [6.45, 7) is 0. The number of aromatic nitrogens is 3. The van der Waals surface area contributed by atoms with Crippen LogP contribution < -0.4 is 10.4 Å². The molecule has 26 heavy (non-hydrogen) atoms. The number of thiophene rings is 1. The molecule has 0 aliphatic carbocycles. The molecule has 4 aromatic rings. The molecular formula is C18H15N3O3S2. The summed E-state index contributed by atoms with van der Waals surface area (Å²) in [6, 6.07) is 11.0. The number of benzene rings is 1. The fraction of sp³-hybridized carbons (Fsp3) is 0.167. The lowest BCUT2D eigenvalue weighted by atomic mass is 10.1. The van der Waals surface area contributed by atoms with Crippen molar-refractivity contribution < 1.29 is 9.15 Å². The van der Waals surface area contributed by atoms with Crippen LogP contribution in [0, 0.1) is 0 Å². The van der Waals surface area contributed by atoms with Crippen molar-refractivity contribution >= 4 is 34.1 Å². The predicted octanol–water partition coefficient (Wildman–Crippen LogP) is 3.95. The molecule has 6 nitrogen and oxygen atoms in total. The molecule has 0 spiro atoms. The number of thioether (sulfide) groups is 1. The monoisotopic (exact) mass is 385 g/mol. The van der Waals surface area contributed by atoms with E-state index in [9.17, 15) is 4.79 Å². The minimum atomic E-state index is -0.376. The molecule has 0 atom stereocenters. The number of nitrogens with zero attached hydrogens (tertiary/aromatic N) is 3. The van der Waals surface area contributed by atoms with Gasteiger partial charge in [0.25, 0.3) is 0 Å². The average Bonchev–Trinajstić information content (AvgIpc) is 3.28. The Kier molecular flexibility index (Phi) is 4.52. The second-order valence-corrected chi connectivity index (χ2v) is 7.47. The lowest BCUT2D eigenvalue weighted by Crippen LogP contribution is -2.01. The van der Waals surface area contributed by atoms with Gasteiger partial charge in [-0.15, -0.1) is 21.5 Å². The fourth-order valence-electron chi connectivity index (χ4n) is 2.66. The summed E-state index contributed by atoms with van der Waals surface area (Å²) < 4.78 is 12.5. The van der Waals surface area contributed by atoms with Crippen molar-refractivity contribution in [2.45, 2.75) is 10.9 Å². The van der Waals surface area contributed by atoms with E-state index in [1.165, 1.54) is 17.8 Å². The second kappa shape index (κ2) is 6.97. The molecule has 0 fully saturated rings. The maximum absolute atomic E-state index is 11.9. The van der Waals surface area contributed by atoms with E-state index in [1.807, 2.05) is 41.3 Å². The van der Waals surface area contributed by atoms with E-state index < -0.39 is 0 Å². The van der Waals surface area contributed by atoms with Gasteiger partial charge in [-0.25, -0.2) is 4.79 Å². The standard InChI is InChI=1S/C18H15N3O3S2/c1-21-17(15-4-3-7-25-15)19-20-18(21)26-10-11-8-16(22)24-14-9-12(23-2)5-6-13(11)14/h3-9H,10H2,1-2H3. The molecule has 0 bridgehead atoms. The van der Waals surface area contributed by atoms with Crippen molar-refractivity contribution in [2.75, 3.05) is 7.11 Å². The maximum Gasteiger partial charge on any atom is 0.336 e. The van der Waals surface area contributed by atoms with Gasteiger partial charge in [-0.1, -0.05) is 17.8 Å². The molecule has 0 amide bonds. The van der Waals surface area contributed by atoms with Crippen LogP contribution in [0.15, 0.2) is 56.1 Å². The van der Waals surface area contributed by atoms with Crippen LogP contribution in [-0.2, 0) is 12.8 Å². The Labute approximate surface area is 157 Å². The average molecular weight is 385 g/mol. The van der Waals surface area contributed by atoms with E-state index in [0.717, 1.165) is 26.8 Å². The predicted molar refractivity (Wildman–Crippen MR) is 103 cm³/mol. The normalized spacial score (nSPS) is 11.2. The molecule has 0 aliphatic heterocycles. The van der Waals surface area contributed by atoms with Gasteiger partial charge in [-0.05, 0) is 29.1 Å². The first-order chi connectivity index (χ1) is 12.7. The van der Waals surface area contributed by atoms with Crippen LogP contribution in [0.25, 0.3) is 21.7 Å². The van der Waals surface area contributed by atoms with Crippen LogP contribution in [0.5, 0.6) is 5.75 Å². The van der Waals surface area contributed by atoms with Crippen molar-refractivity contribution in [1.29, 1.82) is 0 Å². The minimum absolute atomic E-state index is 0.376. The minimum Gasteiger partial charge on any atom is -0.497 e. The Bertz CT molecular complexity index is 1120. The maximum atomic E-state index is 11.9. The summed E-state index contributed by atoms with van der Waals surface area (Å²) in [4.78, 5) is 13.0. The van der Waals surface area contributed by atoms with Gasteiger partial charge in [0, 0.05) is 30.3 Å². The van der Waals surface area contributed by atoms with Crippen LogP contribution >= 0.6 is 23.1 Å². The molecule has 0 unspecified atom stereocenters. The van der Waals surface area contributed by atoms with E-state index in [1.54, 1.807) is 24.5 Å². The third-order valence-corrected chi connectivity index (χ3v) is 5.91. The molecule has 4 rings (SSSR count). The van der Waals surface area contributed by atoms with E-state index in [-0.39, 0.29) is 5.63 Å². The summed E-state index contributed by atoms with van der Waals surface area (Å²) in [7, 11) is 3.53. The quantitative estimate of drug-likeness (QED) is 0.383. The van der Waals surface area contributed by atoms with Gasteiger partial charge in [0.1, 0.15) is 11.3 Å². The van der Waals surface area contributed by atoms with Crippen LogP contribution in [0.1, 0.15) is 5.56 Å². The van der Waals surface area contributed by atoms with Crippen molar-refractivity contribution in [3.05, 3.63) is 57.8 Å². The third kappa shape index (κ3) is 3.13. The van der Waals surface area contributed by atoms with Crippen LogP contribution in [-0.4, -0.2) is 21.9 Å². The van der Waals surface area contributed by atoms with Crippen molar-refractivity contribution in [3.63, 3.8) is 0 Å². The molecule has 0 aliphatic rings. The zero-order chi connectivity index (χ0) is 18.1. The third-order valence-electron chi connectivity index (χ3n) is 3.97. The van der Waals surface area contributed by atoms with Crippen LogP contribution in [0.2, 0.25) is 0 Å². The van der Waals surface area contributed by atoms with Gasteiger partial charge in [0.15, 0.2) is 11.0 Å². The lowest BCUT2D eigenvalue weighted by Gasteiger charge is -2.07. The highest BCUT2D eigenvalue weighted by Crippen LogP contribution is 2.30. The van der Waals surface area contributed by atoms with Gasteiger partial charge in [-0.3, -0.25) is 0 Å². The Balaban J connectivity index is 1.63. The summed E-state index contributed by atoms with van der Waals surface area (Å²) in [5.41, 5.74) is 1.04. The Morgan fingerprint density at radius 3 is 2.92 bits per heavy atom. The van der Waals surface area contributed by atoms with Gasteiger partial charge < -0.3 is 13.7 Å². The SMILES string of the molecule is COc1ccc2c(CSc3nnc(-c4cccs4)n3C)cc(=O)oc2c1. The largest absolute Gasteiger partial charge is 0.497 e. The fourth-order valence-corrected chi connectivity index (χ4v) is 4.31. The zero-order valence-corrected chi connectivity index (χ0v) is 15.8. The molecule has 3 heterocycles. The molecule has 0 saturated heterocycles. The van der Waals surface area contributed by atoms with Crippen molar-refractivity contribution in [1.82, 2.24) is 14.8 Å². The molecule has 0 radical (unpaired) electrons. The molecule has 8 heteroatoms. The lowest BCUT2D eigenvalue weighted by molar-refractivity contribution is 0.414. The second-order valence-electron chi connectivity index (χ2n) is 5.58. The van der Waals surface area contributed by atoms with Gasteiger partial charge in [0.05, 0.1) is 12.0 Å².